The summed E-state index contributed by atoms with van der Waals surface area (Å²) in [6, 6.07) is 2.04. The maximum atomic E-state index is 12.8. The lowest BCUT2D eigenvalue weighted by atomic mass is 9.98. The van der Waals surface area contributed by atoms with Crippen LogP contribution in [-0.2, 0) is 6.54 Å². The lowest BCUT2D eigenvalue weighted by Gasteiger charge is -2.35. The SMILES string of the molecule is Cc1nccn1CCC1CCCCN1C(=O)c1cc(C(C)C)no1. The van der Waals surface area contributed by atoms with Crippen LogP contribution in [0.5, 0.6) is 0 Å². The minimum atomic E-state index is -0.0264. The number of hydrogen-bond donors (Lipinski definition) is 0. The van der Waals surface area contributed by atoms with Crippen molar-refractivity contribution in [2.45, 2.75) is 65.0 Å². The van der Waals surface area contributed by atoms with Crippen LogP contribution in [0.15, 0.2) is 23.0 Å². The molecular formula is C18H26N4O2. The first-order valence-corrected chi connectivity index (χ1v) is 8.81. The maximum absolute atomic E-state index is 12.8. The molecule has 2 aromatic heterocycles. The summed E-state index contributed by atoms with van der Waals surface area (Å²) in [6.07, 6.45) is 8.03. The van der Waals surface area contributed by atoms with E-state index >= 15 is 0 Å². The number of carbonyl (C=O) groups is 1. The second kappa shape index (κ2) is 7.20. The van der Waals surface area contributed by atoms with E-state index in [1.165, 1.54) is 6.42 Å². The van der Waals surface area contributed by atoms with Crippen molar-refractivity contribution in [1.82, 2.24) is 19.6 Å². The van der Waals surface area contributed by atoms with Gasteiger partial charge in [0.2, 0.25) is 5.76 Å². The average molecular weight is 330 g/mol. The van der Waals surface area contributed by atoms with Crippen LogP contribution in [-0.4, -0.2) is 38.1 Å². The number of hydrogen-bond acceptors (Lipinski definition) is 4. The molecule has 1 unspecified atom stereocenters. The number of rotatable bonds is 5. The third-order valence-corrected chi connectivity index (χ3v) is 4.85. The van der Waals surface area contributed by atoms with Crippen LogP contribution in [0.25, 0.3) is 0 Å². The third kappa shape index (κ3) is 3.52. The molecule has 1 saturated heterocycles. The summed E-state index contributed by atoms with van der Waals surface area (Å²) >= 11 is 0. The molecule has 1 aliphatic rings. The van der Waals surface area contributed by atoms with E-state index in [9.17, 15) is 4.79 Å². The van der Waals surface area contributed by atoms with E-state index in [0.717, 1.165) is 43.9 Å². The van der Waals surface area contributed by atoms with Gasteiger partial charge in [0.05, 0.1) is 5.69 Å². The van der Waals surface area contributed by atoms with Gasteiger partial charge < -0.3 is 14.0 Å². The van der Waals surface area contributed by atoms with Gasteiger partial charge in [-0.3, -0.25) is 4.79 Å². The van der Waals surface area contributed by atoms with Crippen molar-refractivity contribution in [2.24, 2.45) is 0 Å². The molecule has 1 atom stereocenters. The molecule has 0 spiro atoms. The first-order chi connectivity index (χ1) is 11.6. The molecule has 2 aromatic rings. The fourth-order valence-electron chi connectivity index (χ4n) is 3.30. The molecule has 0 aliphatic carbocycles. The van der Waals surface area contributed by atoms with Crippen LogP contribution in [0.1, 0.15) is 67.5 Å². The molecular weight excluding hydrogens is 304 g/mol. The fraction of sp³-hybridized carbons (Fsp3) is 0.611. The Morgan fingerprint density at radius 3 is 2.92 bits per heavy atom. The van der Waals surface area contributed by atoms with Crippen molar-refractivity contribution in [3.05, 3.63) is 35.7 Å². The Hall–Kier alpha value is -2.11. The highest BCUT2D eigenvalue weighted by atomic mass is 16.5. The van der Waals surface area contributed by atoms with Crippen LogP contribution in [0, 0.1) is 6.92 Å². The van der Waals surface area contributed by atoms with Gasteiger partial charge in [0.25, 0.3) is 5.91 Å². The van der Waals surface area contributed by atoms with E-state index < -0.39 is 0 Å². The molecule has 0 N–H and O–H groups in total. The van der Waals surface area contributed by atoms with Gasteiger partial charge in [-0.05, 0) is 38.5 Å². The molecule has 1 fully saturated rings. The third-order valence-electron chi connectivity index (χ3n) is 4.85. The number of aromatic nitrogens is 3. The molecule has 1 aliphatic heterocycles. The van der Waals surface area contributed by atoms with Crippen LogP contribution in [0.4, 0.5) is 0 Å². The molecule has 24 heavy (non-hydrogen) atoms. The number of imidazole rings is 1. The Morgan fingerprint density at radius 1 is 1.42 bits per heavy atom. The van der Waals surface area contributed by atoms with Crippen LogP contribution < -0.4 is 0 Å². The first kappa shape index (κ1) is 16.7. The van der Waals surface area contributed by atoms with Crippen LogP contribution in [0.3, 0.4) is 0 Å². The number of nitrogens with zero attached hydrogens (tertiary/aromatic N) is 4. The zero-order valence-corrected chi connectivity index (χ0v) is 14.7. The Bertz CT molecular complexity index is 689. The summed E-state index contributed by atoms with van der Waals surface area (Å²) in [6.45, 7) is 7.77. The number of aryl methyl sites for hydroxylation is 2. The zero-order chi connectivity index (χ0) is 17.1. The molecule has 6 heteroatoms. The van der Waals surface area contributed by atoms with Gasteiger partial charge in [-0.25, -0.2) is 4.98 Å². The number of carbonyl (C=O) groups excluding carboxylic acids is 1. The van der Waals surface area contributed by atoms with Gasteiger partial charge in [0.1, 0.15) is 5.82 Å². The predicted molar refractivity (Wildman–Crippen MR) is 90.8 cm³/mol. The molecule has 6 nitrogen and oxygen atoms in total. The van der Waals surface area contributed by atoms with Gasteiger partial charge in [-0.2, -0.15) is 0 Å². The summed E-state index contributed by atoms with van der Waals surface area (Å²) in [5.74, 6) is 1.61. The van der Waals surface area contributed by atoms with E-state index in [-0.39, 0.29) is 17.9 Å². The monoisotopic (exact) mass is 330 g/mol. The Labute approximate surface area is 142 Å². The van der Waals surface area contributed by atoms with Crippen molar-refractivity contribution in [3.8, 4) is 0 Å². The topological polar surface area (TPSA) is 64.2 Å². The lowest BCUT2D eigenvalue weighted by molar-refractivity contribution is 0.0553. The quantitative estimate of drug-likeness (QED) is 0.843. The molecule has 3 heterocycles. The normalized spacial score (nSPS) is 18.3. The Balaban J connectivity index is 1.69. The minimum absolute atomic E-state index is 0.0264. The van der Waals surface area contributed by atoms with Crippen LogP contribution in [0.2, 0.25) is 0 Å². The van der Waals surface area contributed by atoms with Crippen molar-refractivity contribution in [3.63, 3.8) is 0 Å². The Morgan fingerprint density at radius 2 is 2.25 bits per heavy atom. The summed E-state index contributed by atoms with van der Waals surface area (Å²) in [5, 5.41) is 4.02. The fourth-order valence-corrected chi connectivity index (χ4v) is 3.30. The van der Waals surface area contributed by atoms with Gasteiger partial charge in [-0.15, -0.1) is 0 Å². The molecule has 130 valence electrons. The van der Waals surface area contributed by atoms with E-state index in [1.54, 1.807) is 6.07 Å². The first-order valence-electron chi connectivity index (χ1n) is 8.81. The highest BCUT2D eigenvalue weighted by molar-refractivity contribution is 5.91. The van der Waals surface area contributed by atoms with Crippen molar-refractivity contribution >= 4 is 5.91 Å². The number of piperidine rings is 1. The molecule has 3 rings (SSSR count). The molecule has 1 amide bonds. The summed E-state index contributed by atoms with van der Waals surface area (Å²) in [7, 11) is 0. The van der Waals surface area contributed by atoms with E-state index in [0.29, 0.717) is 5.76 Å². The van der Waals surface area contributed by atoms with E-state index in [1.807, 2.05) is 38.1 Å². The lowest BCUT2D eigenvalue weighted by Crippen LogP contribution is -2.44. The highest BCUT2D eigenvalue weighted by Gasteiger charge is 2.29. The number of amides is 1. The standard InChI is InChI=1S/C18H26N4O2/c1-13(2)16-12-17(24-20-16)18(23)22-9-5-4-6-15(22)7-10-21-11-8-19-14(21)3/h8,11-13,15H,4-7,9-10H2,1-3H3. The zero-order valence-electron chi connectivity index (χ0n) is 14.7. The maximum Gasteiger partial charge on any atom is 0.292 e. The van der Waals surface area contributed by atoms with Crippen molar-refractivity contribution in [1.29, 1.82) is 0 Å². The summed E-state index contributed by atoms with van der Waals surface area (Å²) in [5.41, 5.74) is 0.834. The van der Waals surface area contributed by atoms with Gasteiger partial charge in [0, 0.05) is 37.6 Å². The van der Waals surface area contributed by atoms with Crippen molar-refractivity contribution in [2.75, 3.05) is 6.54 Å². The summed E-state index contributed by atoms with van der Waals surface area (Å²) in [4.78, 5) is 19.1. The van der Waals surface area contributed by atoms with E-state index in [4.69, 9.17) is 4.52 Å². The minimum Gasteiger partial charge on any atom is -0.351 e. The smallest absolute Gasteiger partial charge is 0.292 e. The van der Waals surface area contributed by atoms with Gasteiger partial charge >= 0.3 is 0 Å². The molecule has 0 aromatic carbocycles. The second-order valence-corrected chi connectivity index (χ2v) is 6.88. The van der Waals surface area contributed by atoms with Crippen LogP contribution >= 0.6 is 0 Å². The second-order valence-electron chi connectivity index (χ2n) is 6.88. The predicted octanol–water partition coefficient (Wildman–Crippen LogP) is 3.39. The largest absolute Gasteiger partial charge is 0.351 e. The molecule has 0 radical (unpaired) electrons. The molecule has 0 saturated carbocycles. The van der Waals surface area contributed by atoms with Crippen molar-refractivity contribution < 1.29 is 9.32 Å². The summed E-state index contributed by atoms with van der Waals surface area (Å²) < 4.78 is 7.44. The van der Waals surface area contributed by atoms with Gasteiger partial charge in [-0.1, -0.05) is 19.0 Å². The van der Waals surface area contributed by atoms with E-state index in [2.05, 4.69) is 14.7 Å². The Kier molecular flexibility index (Phi) is 5.02. The molecule has 0 bridgehead atoms. The van der Waals surface area contributed by atoms with Gasteiger partial charge in [0.15, 0.2) is 0 Å². The number of likely N-dealkylation sites (tertiary alicyclic amines) is 1. The highest BCUT2D eigenvalue weighted by Crippen LogP contribution is 2.24. The average Bonchev–Trinajstić information content (AvgIpc) is 3.22.